The molecule has 0 heterocycles. The summed E-state index contributed by atoms with van der Waals surface area (Å²) in [6.07, 6.45) is 1.29. The van der Waals surface area contributed by atoms with Gasteiger partial charge in [0.2, 0.25) is 0 Å². The third-order valence-corrected chi connectivity index (χ3v) is 2.67. The third-order valence-electron chi connectivity index (χ3n) is 2.67. The van der Waals surface area contributed by atoms with Gasteiger partial charge in [-0.05, 0) is 25.0 Å². The summed E-state index contributed by atoms with van der Waals surface area (Å²) in [5.41, 5.74) is -0.273. The number of nitrogens with one attached hydrogen (secondary N) is 1. The van der Waals surface area contributed by atoms with E-state index in [9.17, 15) is 4.39 Å². The van der Waals surface area contributed by atoms with Gasteiger partial charge in [0.15, 0.2) is 0 Å². The van der Waals surface area contributed by atoms with Crippen LogP contribution in [0.3, 0.4) is 0 Å². The Hall–Kier alpha value is -1.56. The van der Waals surface area contributed by atoms with Crippen molar-refractivity contribution in [2.75, 3.05) is 5.32 Å². The normalized spacial score (nSPS) is 10.8. The van der Waals surface area contributed by atoms with Crippen LogP contribution in [0.5, 0.6) is 0 Å². The van der Waals surface area contributed by atoms with E-state index in [0.29, 0.717) is 18.5 Å². The average Bonchev–Trinajstić information content (AvgIpc) is 2.29. The van der Waals surface area contributed by atoms with Crippen LogP contribution in [-0.2, 0) is 0 Å². The Balaban J connectivity index is 2.94. The molecule has 2 nitrogen and oxygen atoms in total. The minimum atomic E-state index is -0.664. The molecule has 0 atom stereocenters. The second-order valence-corrected chi connectivity index (χ2v) is 3.51. The van der Waals surface area contributed by atoms with Crippen molar-refractivity contribution in [1.82, 2.24) is 0 Å². The van der Waals surface area contributed by atoms with Gasteiger partial charge in [-0.1, -0.05) is 26.0 Å². The number of halogens is 1. The van der Waals surface area contributed by atoms with E-state index in [4.69, 9.17) is 5.26 Å². The van der Waals surface area contributed by atoms with Crippen LogP contribution in [0.4, 0.5) is 10.1 Å². The average molecular weight is 206 g/mol. The first-order valence-electron chi connectivity index (χ1n) is 5.11. The van der Waals surface area contributed by atoms with Crippen LogP contribution < -0.4 is 5.32 Å². The number of anilines is 1. The van der Waals surface area contributed by atoms with Crippen molar-refractivity contribution in [2.45, 2.75) is 32.2 Å². The zero-order valence-electron chi connectivity index (χ0n) is 9.05. The van der Waals surface area contributed by atoms with E-state index in [0.717, 1.165) is 0 Å². The standard InChI is InChI=1S/C12H15FN2/c1-3-12(4-2,9-14)15-11-8-6-5-7-10(11)13/h5-8,15H,3-4H2,1-2H3. The lowest BCUT2D eigenvalue weighted by Gasteiger charge is -2.26. The van der Waals surface area contributed by atoms with Crippen molar-refractivity contribution < 1.29 is 4.39 Å². The molecule has 0 aromatic heterocycles. The summed E-state index contributed by atoms with van der Waals surface area (Å²) in [5, 5.41) is 12.1. The molecule has 0 aliphatic carbocycles. The van der Waals surface area contributed by atoms with Crippen molar-refractivity contribution in [3.05, 3.63) is 30.1 Å². The largest absolute Gasteiger partial charge is 0.365 e. The highest BCUT2D eigenvalue weighted by Gasteiger charge is 2.25. The maximum Gasteiger partial charge on any atom is 0.146 e. The molecule has 1 aromatic carbocycles. The number of hydrogen-bond donors (Lipinski definition) is 1. The lowest BCUT2D eigenvalue weighted by Crippen LogP contribution is -2.35. The summed E-state index contributed by atoms with van der Waals surface area (Å²) in [6.45, 7) is 3.83. The van der Waals surface area contributed by atoms with Crippen LogP contribution in [0.15, 0.2) is 24.3 Å². The fourth-order valence-corrected chi connectivity index (χ4v) is 1.43. The molecule has 0 aliphatic rings. The molecule has 0 bridgehead atoms. The molecule has 0 unspecified atom stereocenters. The molecule has 0 aliphatic heterocycles. The topological polar surface area (TPSA) is 35.8 Å². The summed E-state index contributed by atoms with van der Waals surface area (Å²) in [5.74, 6) is -0.320. The van der Waals surface area contributed by atoms with E-state index < -0.39 is 5.54 Å². The number of nitrogens with zero attached hydrogens (tertiary/aromatic N) is 1. The third kappa shape index (κ3) is 2.47. The molecular weight excluding hydrogens is 191 g/mol. The van der Waals surface area contributed by atoms with Crippen molar-refractivity contribution in [3.8, 4) is 6.07 Å². The first-order chi connectivity index (χ1) is 7.17. The van der Waals surface area contributed by atoms with Gasteiger partial charge in [-0.25, -0.2) is 4.39 Å². The summed E-state index contributed by atoms with van der Waals surface area (Å²) >= 11 is 0. The van der Waals surface area contributed by atoms with E-state index in [2.05, 4.69) is 11.4 Å². The zero-order valence-corrected chi connectivity index (χ0v) is 9.05. The van der Waals surface area contributed by atoms with E-state index in [1.165, 1.54) is 6.07 Å². The molecule has 80 valence electrons. The summed E-state index contributed by atoms with van der Waals surface area (Å²) in [7, 11) is 0. The number of rotatable bonds is 4. The van der Waals surface area contributed by atoms with E-state index >= 15 is 0 Å². The Morgan fingerprint density at radius 1 is 1.33 bits per heavy atom. The molecular formula is C12H15FN2. The summed E-state index contributed by atoms with van der Waals surface area (Å²) in [4.78, 5) is 0. The van der Waals surface area contributed by atoms with Crippen LogP contribution in [-0.4, -0.2) is 5.54 Å². The van der Waals surface area contributed by atoms with E-state index in [1.807, 2.05) is 13.8 Å². The predicted molar refractivity (Wildman–Crippen MR) is 58.9 cm³/mol. The van der Waals surface area contributed by atoms with Crippen LogP contribution in [0, 0.1) is 17.1 Å². The van der Waals surface area contributed by atoms with Gasteiger partial charge in [-0.2, -0.15) is 5.26 Å². The fraction of sp³-hybridized carbons (Fsp3) is 0.417. The molecule has 0 saturated heterocycles. The highest BCUT2D eigenvalue weighted by Crippen LogP contribution is 2.23. The summed E-state index contributed by atoms with van der Waals surface area (Å²) < 4.78 is 13.4. The Kier molecular flexibility index (Phi) is 3.68. The maximum atomic E-state index is 13.4. The molecule has 1 N–H and O–H groups in total. The van der Waals surface area contributed by atoms with Gasteiger partial charge in [0, 0.05) is 0 Å². The molecule has 3 heteroatoms. The number of benzene rings is 1. The minimum Gasteiger partial charge on any atom is -0.365 e. The number of hydrogen-bond acceptors (Lipinski definition) is 2. The van der Waals surface area contributed by atoms with Crippen LogP contribution in [0.1, 0.15) is 26.7 Å². The van der Waals surface area contributed by atoms with Crippen molar-refractivity contribution in [3.63, 3.8) is 0 Å². The Morgan fingerprint density at radius 3 is 2.40 bits per heavy atom. The molecule has 15 heavy (non-hydrogen) atoms. The monoisotopic (exact) mass is 206 g/mol. The van der Waals surface area contributed by atoms with Crippen LogP contribution in [0.25, 0.3) is 0 Å². The lowest BCUT2D eigenvalue weighted by atomic mass is 9.94. The highest BCUT2D eigenvalue weighted by atomic mass is 19.1. The zero-order chi connectivity index (χ0) is 11.3. The quantitative estimate of drug-likeness (QED) is 0.820. The van der Waals surface area contributed by atoms with Gasteiger partial charge in [0.1, 0.15) is 11.4 Å². The second kappa shape index (κ2) is 4.79. The minimum absolute atomic E-state index is 0.320. The van der Waals surface area contributed by atoms with E-state index in [-0.39, 0.29) is 5.82 Å². The molecule has 0 fully saturated rings. The van der Waals surface area contributed by atoms with Gasteiger partial charge in [0.25, 0.3) is 0 Å². The van der Waals surface area contributed by atoms with E-state index in [1.54, 1.807) is 18.2 Å². The molecule has 1 aromatic rings. The molecule has 0 saturated carbocycles. The maximum absolute atomic E-state index is 13.4. The van der Waals surface area contributed by atoms with Crippen molar-refractivity contribution in [2.24, 2.45) is 0 Å². The molecule has 0 spiro atoms. The molecule has 0 radical (unpaired) electrons. The van der Waals surface area contributed by atoms with Crippen molar-refractivity contribution in [1.29, 1.82) is 5.26 Å². The van der Waals surface area contributed by atoms with Gasteiger partial charge >= 0.3 is 0 Å². The number of para-hydroxylation sites is 1. The molecule has 1 rings (SSSR count). The molecule has 0 amide bonds. The summed E-state index contributed by atoms with van der Waals surface area (Å²) in [6, 6.07) is 8.62. The first kappa shape index (κ1) is 11.5. The van der Waals surface area contributed by atoms with Gasteiger partial charge in [-0.3, -0.25) is 0 Å². The van der Waals surface area contributed by atoms with Gasteiger partial charge in [0.05, 0.1) is 11.8 Å². The smallest absolute Gasteiger partial charge is 0.146 e. The first-order valence-corrected chi connectivity index (χ1v) is 5.11. The van der Waals surface area contributed by atoms with Crippen LogP contribution in [0.2, 0.25) is 0 Å². The number of nitriles is 1. The van der Waals surface area contributed by atoms with Gasteiger partial charge in [-0.15, -0.1) is 0 Å². The SMILES string of the molecule is CCC(C#N)(CC)Nc1ccccc1F. The Bertz CT molecular complexity index is 364. The van der Waals surface area contributed by atoms with Crippen molar-refractivity contribution >= 4 is 5.69 Å². The van der Waals surface area contributed by atoms with Gasteiger partial charge < -0.3 is 5.32 Å². The highest BCUT2D eigenvalue weighted by molar-refractivity contribution is 5.48. The lowest BCUT2D eigenvalue weighted by molar-refractivity contribution is 0.539. The second-order valence-electron chi connectivity index (χ2n) is 3.51. The Labute approximate surface area is 89.7 Å². The fourth-order valence-electron chi connectivity index (χ4n) is 1.43. The van der Waals surface area contributed by atoms with Crippen LogP contribution >= 0.6 is 0 Å². The predicted octanol–water partition coefficient (Wildman–Crippen LogP) is 3.32. The Morgan fingerprint density at radius 2 is 1.93 bits per heavy atom.